The predicted molar refractivity (Wildman–Crippen MR) is 73.8 cm³/mol. The molecule has 0 radical (unpaired) electrons. The molecule has 0 bridgehead atoms. The molecule has 0 spiro atoms. The minimum absolute atomic E-state index is 0.159. The van der Waals surface area contributed by atoms with E-state index in [-0.39, 0.29) is 18.2 Å². The maximum atomic E-state index is 13.4. The molecule has 1 N–H and O–H groups in total. The van der Waals surface area contributed by atoms with Crippen LogP contribution in [0, 0.1) is 11.6 Å². The molecular weight excluding hydrogens is 278 g/mol. The van der Waals surface area contributed by atoms with Crippen molar-refractivity contribution in [2.45, 2.75) is 6.61 Å². The van der Waals surface area contributed by atoms with Gasteiger partial charge in [0.1, 0.15) is 24.0 Å². The number of carboxylic acid groups (broad SMARTS) is 1. The number of rotatable bonds is 5. The van der Waals surface area contributed by atoms with E-state index < -0.39 is 11.8 Å². The highest BCUT2D eigenvalue weighted by atomic mass is 19.1. The molecule has 3 nitrogen and oxygen atoms in total. The SMILES string of the molecule is O=C(O)/C=C/c1cc(F)cc(OCc2ccc(F)cc2)c1. The minimum Gasteiger partial charge on any atom is -0.489 e. The van der Waals surface area contributed by atoms with Crippen molar-refractivity contribution in [3.05, 3.63) is 71.3 Å². The van der Waals surface area contributed by atoms with Gasteiger partial charge in [-0.15, -0.1) is 0 Å². The smallest absolute Gasteiger partial charge is 0.328 e. The van der Waals surface area contributed by atoms with E-state index in [1.165, 1.54) is 36.4 Å². The van der Waals surface area contributed by atoms with Gasteiger partial charge in [-0.05, 0) is 41.5 Å². The van der Waals surface area contributed by atoms with Gasteiger partial charge in [-0.3, -0.25) is 0 Å². The van der Waals surface area contributed by atoms with Crippen LogP contribution in [0.2, 0.25) is 0 Å². The first kappa shape index (κ1) is 14.7. The lowest BCUT2D eigenvalue weighted by Crippen LogP contribution is -1.96. The predicted octanol–water partition coefficient (Wildman–Crippen LogP) is 3.64. The number of hydrogen-bond donors (Lipinski definition) is 1. The van der Waals surface area contributed by atoms with E-state index in [4.69, 9.17) is 9.84 Å². The molecule has 0 amide bonds. The fourth-order valence-corrected chi connectivity index (χ4v) is 1.68. The summed E-state index contributed by atoms with van der Waals surface area (Å²) in [7, 11) is 0. The molecule has 0 aromatic heterocycles. The first-order chi connectivity index (χ1) is 10.0. The molecule has 2 aromatic carbocycles. The van der Waals surface area contributed by atoms with E-state index in [1.54, 1.807) is 12.1 Å². The van der Waals surface area contributed by atoms with E-state index in [2.05, 4.69) is 0 Å². The van der Waals surface area contributed by atoms with Crippen LogP contribution < -0.4 is 4.74 Å². The van der Waals surface area contributed by atoms with Gasteiger partial charge in [0.15, 0.2) is 0 Å². The van der Waals surface area contributed by atoms with Crippen molar-refractivity contribution in [2.75, 3.05) is 0 Å². The summed E-state index contributed by atoms with van der Waals surface area (Å²) in [5.41, 5.74) is 1.12. The summed E-state index contributed by atoms with van der Waals surface area (Å²) in [6.07, 6.45) is 2.19. The number of carboxylic acids is 1. The second kappa shape index (κ2) is 6.65. The van der Waals surface area contributed by atoms with Crippen LogP contribution in [0.4, 0.5) is 8.78 Å². The average Bonchev–Trinajstić information content (AvgIpc) is 2.44. The Kier molecular flexibility index (Phi) is 4.66. The molecule has 0 aliphatic heterocycles. The number of carbonyl (C=O) groups is 1. The van der Waals surface area contributed by atoms with E-state index in [1.807, 2.05) is 0 Å². The summed E-state index contributed by atoms with van der Waals surface area (Å²) in [5.74, 6) is -1.72. The van der Waals surface area contributed by atoms with Crippen molar-refractivity contribution in [1.29, 1.82) is 0 Å². The number of halogens is 2. The monoisotopic (exact) mass is 290 g/mol. The third kappa shape index (κ3) is 4.72. The molecule has 0 fully saturated rings. The molecule has 5 heteroatoms. The van der Waals surface area contributed by atoms with Gasteiger partial charge in [0.05, 0.1) is 0 Å². The molecular formula is C16H12F2O3. The standard InChI is InChI=1S/C16H12F2O3/c17-13-4-1-11(2-5-13)10-21-15-8-12(3-6-16(19)20)7-14(18)9-15/h1-9H,10H2,(H,19,20)/b6-3+. The Hall–Kier alpha value is -2.69. The molecule has 108 valence electrons. The van der Waals surface area contributed by atoms with Gasteiger partial charge in [-0.25, -0.2) is 13.6 Å². The molecule has 0 aliphatic rings. The Morgan fingerprint density at radius 1 is 1.10 bits per heavy atom. The Bertz CT molecular complexity index is 664. The first-order valence-electron chi connectivity index (χ1n) is 6.12. The van der Waals surface area contributed by atoms with Gasteiger partial charge in [-0.2, -0.15) is 0 Å². The van der Waals surface area contributed by atoms with Crippen LogP contribution >= 0.6 is 0 Å². The Balaban J connectivity index is 2.09. The fourth-order valence-electron chi connectivity index (χ4n) is 1.68. The summed E-state index contributed by atoms with van der Waals surface area (Å²) < 4.78 is 31.6. The van der Waals surface area contributed by atoms with Crippen molar-refractivity contribution >= 4 is 12.0 Å². The van der Waals surface area contributed by atoms with Gasteiger partial charge < -0.3 is 9.84 Å². The summed E-state index contributed by atoms with van der Waals surface area (Å²) in [4.78, 5) is 10.4. The van der Waals surface area contributed by atoms with Crippen molar-refractivity contribution in [3.63, 3.8) is 0 Å². The maximum Gasteiger partial charge on any atom is 0.328 e. The lowest BCUT2D eigenvalue weighted by molar-refractivity contribution is -0.131. The summed E-state index contributed by atoms with van der Waals surface area (Å²) in [6.45, 7) is 0.159. The molecule has 0 heterocycles. The van der Waals surface area contributed by atoms with E-state index in [0.717, 1.165) is 11.6 Å². The average molecular weight is 290 g/mol. The third-order valence-electron chi connectivity index (χ3n) is 2.63. The highest BCUT2D eigenvalue weighted by molar-refractivity contribution is 5.85. The molecule has 21 heavy (non-hydrogen) atoms. The molecule has 2 aromatic rings. The van der Waals surface area contributed by atoms with Gasteiger partial charge >= 0.3 is 5.97 Å². The van der Waals surface area contributed by atoms with Crippen LogP contribution in [0.5, 0.6) is 5.75 Å². The molecule has 0 atom stereocenters. The summed E-state index contributed by atoms with van der Waals surface area (Å²) in [6, 6.07) is 9.67. The fraction of sp³-hybridized carbons (Fsp3) is 0.0625. The minimum atomic E-state index is -1.12. The van der Waals surface area contributed by atoms with Crippen molar-refractivity contribution in [3.8, 4) is 5.75 Å². The van der Waals surface area contributed by atoms with Crippen molar-refractivity contribution in [2.24, 2.45) is 0 Å². The number of aliphatic carboxylic acids is 1. The number of hydrogen-bond acceptors (Lipinski definition) is 2. The summed E-state index contributed by atoms with van der Waals surface area (Å²) in [5, 5.41) is 8.55. The molecule has 0 saturated carbocycles. The summed E-state index contributed by atoms with van der Waals surface area (Å²) >= 11 is 0. The topological polar surface area (TPSA) is 46.5 Å². The van der Waals surface area contributed by atoms with Crippen LogP contribution in [0.3, 0.4) is 0 Å². The Morgan fingerprint density at radius 2 is 1.81 bits per heavy atom. The molecule has 0 unspecified atom stereocenters. The maximum absolute atomic E-state index is 13.4. The van der Waals surface area contributed by atoms with Crippen molar-refractivity contribution < 1.29 is 23.4 Å². The van der Waals surface area contributed by atoms with E-state index in [9.17, 15) is 13.6 Å². The van der Waals surface area contributed by atoms with E-state index in [0.29, 0.717) is 5.56 Å². The molecule has 0 saturated heterocycles. The molecule has 2 rings (SSSR count). The zero-order valence-corrected chi connectivity index (χ0v) is 10.9. The number of benzene rings is 2. The zero-order valence-electron chi connectivity index (χ0n) is 10.9. The van der Waals surface area contributed by atoms with Crippen LogP contribution in [-0.4, -0.2) is 11.1 Å². The largest absolute Gasteiger partial charge is 0.489 e. The third-order valence-corrected chi connectivity index (χ3v) is 2.63. The van der Waals surface area contributed by atoms with Crippen LogP contribution in [-0.2, 0) is 11.4 Å². The Labute approximate surface area is 120 Å². The van der Waals surface area contributed by atoms with E-state index >= 15 is 0 Å². The number of ether oxygens (including phenoxy) is 1. The van der Waals surface area contributed by atoms with Crippen molar-refractivity contribution in [1.82, 2.24) is 0 Å². The van der Waals surface area contributed by atoms with Crippen LogP contribution in [0.15, 0.2) is 48.5 Å². The highest BCUT2D eigenvalue weighted by Gasteiger charge is 2.02. The van der Waals surface area contributed by atoms with Gasteiger partial charge in [0.25, 0.3) is 0 Å². The highest BCUT2D eigenvalue weighted by Crippen LogP contribution is 2.19. The molecule has 0 aliphatic carbocycles. The second-order valence-corrected chi connectivity index (χ2v) is 4.31. The van der Waals surface area contributed by atoms with Crippen LogP contribution in [0.1, 0.15) is 11.1 Å². The lowest BCUT2D eigenvalue weighted by atomic mass is 10.2. The van der Waals surface area contributed by atoms with Crippen LogP contribution in [0.25, 0.3) is 6.08 Å². The normalized spacial score (nSPS) is 10.8. The zero-order chi connectivity index (χ0) is 15.2. The van der Waals surface area contributed by atoms with Gasteiger partial charge in [0.2, 0.25) is 0 Å². The first-order valence-corrected chi connectivity index (χ1v) is 6.12. The quantitative estimate of drug-likeness (QED) is 0.855. The van der Waals surface area contributed by atoms with Gasteiger partial charge in [0, 0.05) is 12.1 Å². The van der Waals surface area contributed by atoms with Gasteiger partial charge in [-0.1, -0.05) is 12.1 Å². The Morgan fingerprint density at radius 3 is 2.48 bits per heavy atom. The second-order valence-electron chi connectivity index (χ2n) is 4.31. The lowest BCUT2D eigenvalue weighted by Gasteiger charge is -2.07.